The number of hydrogen-bond donors (Lipinski definition) is 0. The molecule has 0 saturated heterocycles. The van der Waals surface area contributed by atoms with Gasteiger partial charge < -0.3 is 8.98 Å². The van der Waals surface area contributed by atoms with Crippen LogP contribution >= 0.6 is 0 Å². The minimum atomic E-state index is -1.73. The normalized spacial score (nSPS) is 11.8. The van der Waals surface area contributed by atoms with Crippen LogP contribution in [0.4, 0.5) is 0 Å². The van der Waals surface area contributed by atoms with Gasteiger partial charge in [-0.1, -0.05) is 107 Å². The zero-order chi connectivity index (χ0) is 45.7. The molecule has 0 fully saturated rings. The Morgan fingerprint density at radius 3 is 1.98 bits per heavy atom. The number of hydrogen-bond acceptors (Lipinski definition) is 4. The summed E-state index contributed by atoms with van der Waals surface area (Å²) in [5, 5.41) is 4.63. The number of imidazole rings is 1. The van der Waals surface area contributed by atoms with Gasteiger partial charge in [0.05, 0.1) is 22.4 Å². The summed E-state index contributed by atoms with van der Waals surface area (Å²) in [6.07, 6.45) is 2.04. The van der Waals surface area contributed by atoms with Gasteiger partial charge in [0, 0.05) is 36.9 Å². The Morgan fingerprint density at radius 1 is 0.636 bits per heavy atom. The van der Waals surface area contributed by atoms with Crippen LogP contribution in [0.5, 0.6) is 0 Å². The number of benzene rings is 6. The van der Waals surface area contributed by atoms with Crippen molar-refractivity contribution in [3.05, 3.63) is 174 Å². The smallest absolute Gasteiger partial charge is 0.216 e. The van der Waals surface area contributed by atoms with Crippen molar-refractivity contribution in [2.75, 3.05) is 0 Å². The van der Waals surface area contributed by atoms with Crippen molar-refractivity contribution in [3.63, 3.8) is 0 Å². The van der Waals surface area contributed by atoms with Crippen LogP contribution in [0.25, 0.3) is 83.3 Å². The van der Waals surface area contributed by atoms with Gasteiger partial charge in [0.25, 0.3) is 0 Å². The molecule has 10 rings (SSSR count). The van der Waals surface area contributed by atoms with Crippen molar-refractivity contribution in [1.82, 2.24) is 19.5 Å². The Morgan fingerprint density at radius 2 is 1.33 bits per heavy atom. The Balaban J connectivity index is 0.000000278. The number of aromatic nitrogens is 4. The van der Waals surface area contributed by atoms with E-state index in [-0.39, 0.29) is 31.9 Å². The first-order valence-electron chi connectivity index (χ1n) is 23.0. The maximum absolute atomic E-state index is 6.67. The molecule has 0 aliphatic rings. The molecule has 0 aliphatic heterocycles. The molecule has 335 valence electrons. The molecule has 0 aliphatic carbocycles. The quantitative estimate of drug-likeness (QED) is 0.112. The summed E-state index contributed by atoms with van der Waals surface area (Å²) >= 11 is -1.73. The van der Waals surface area contributed by atoms with Crippen LogP contribution in [0.1, 0.15) is 87.2 Å². The number of nitrogens with zero attached hydrogens (tertiary/aromatic N) is 4. The zero-order valence-corrected chi connectivity index (χ0v) is 44.5. The molecule has 5 nitrogen and oxygen atoms in total. The average molecular weight is 1100 g/mol. The third-order valence-corrected chi connectivity index (χ3v) is 16.8. The molecule has 0 atom stereocenters. The molecule has 7 heteroatoms. The summed E-state index contributed by atoms with van der Waals surface area (Å²) in [7, 11) is 0. The Labute approximate surface area is 406 Å². The van der Waals surface area contributed by atoms with Gasteiger partial charge in [-0.2, -0.15) is 0 Å². The molecule has 0 saturated carbocycles. The maximum atomic E-state index is 6.67. The monoisotopic (exact) mass is 1110 g/mol. The molecule has 0 unspecified atom stereocenters. The van der Waals surface area contributed by atoms with Crippen molar-refractivity contribution >= 4 is 61.5 Å². The third-order valence-electron chi connectivity index (χ3n) is 12.6. The van der Waals surface area contributed by atoms with Crippen molar-refractivity contribution in [2.24, 2.45) is 0 Å². The first kappa shape index (κ1) is 46.9. The second-order valence-corrected chi connectivity index (χ2v) is 30.1. The third kappa shape index (κ3) is 9.08. The summed E-state index contributed by atoms with van der Waals surface area (Å²) in [4.78, 5) is 14.7. The summed E-state index contributed by atoms with van der Waals surface area (Å²) in [6, 6.07) is 52.4. The molecule has 10 aromatic rings. The fourth-order valence-corrected chi connectivity index (χ4v) is 11.0. The van der Waals surface area contributed by atoms with E-state index in [0.717, 1.165) is 55.7 Å². The second-order valence-electron chi connectivity index (χ2n) is 19.5. The molecular formula is C59H58GeIrN4O-2. The predicted octanol–water partition coefficient (Wildman–Crippen LogP) is 15.7. The Bertz CT molecular complexity index is 3330. The molecule has 0 spiro atoms. The number of rotatable bonds is 8. The van der Waals surface area contributed by atoms with Gasteiger partial charge in [0.15, 0.2) is 0 Å². The van der Waals surface area contributed by atoms with E-state index in [1.165, 1.54) is 54.2 Å². The van der Waals surface area contributed by atoms with Gasteiger partial charge in [-0.25, -0.2) is 4.98 Å². The minimum absolute atomic E-state index is 0. The van der Waals surface area contributed by atoms with Crippen molar-refractivity contribution < 1.29 is 24.5 Å². The van der Waals surface area contributed by atoms with Gasteiger partial charge in [-0.05, 0) is 94.3 Å². The molecule has 6 aromatic carbocycles. The standard InChI is InChI=1S/C44H40N3O.C15H18GeN.Ir/c1-25(2)33-20-21-35(42-40(33)34-19-16-28(7)45-44(34)48-42)43-46-38-14-10-11-15-39(38)47(43)41-36(26(3)4)23-32(24-37(41)27(5)6)31-18-17-29-12-8-9-13-30(29)22-31;1-12-5-7-13(8-6-12)15-10-9-14(11-17-15)16(2,3)4;/h8-20,22-27H,1-7H3;5-7,9-11H,1-4H3;/q2*-1;. The van der Waals surface area contributed by atoms with Gasteiger partial charge in [0.1, 0.15) is 0 Å². The number of fused-ring (bicyclic) bond motifs is 5. The summed E-state index contributed by atoms with van der Waals surface area (Å²) < 4.78 is 10.5. The molecule has 4 aromatic heterocycles. The van der Waals surface area contributed by atoms with E-state index in [1.54, 1.807) is 0 Å². The van der Waals surface area contributed by atoms with Gasteiger partial charge in [-0.15, -0.1) is 17.7 Å². The number of aryl methyl sites for hydroxylation is 2. The van der Waals surface area contributed by atoms with Gasteiger partial charge >= 0.3 is 106 Å². The topological polar surface area (TPSA) is 56.7 Å². The molecule has 0 N–H and O–H groups in total. The van der Waals surface area contributed by atoms with E-state index in [4.69, 9.17) is 14.4 Å². The van der Waals surface area contributed by atoms with Crippen LogP contribution in [0.3, 0.4) is 0 Å². The fourth-order valence-electron chi connectivity index (χ4n) is 8.88. The molecular weight excluding hydrogens is 1050 g/mol. The summed E-state index contributed by atoms with van der Waals surface area (Å²) in [5.74, 6) is 8.80. The molecule has 66 heavy (non-hydrogen) atoms. The van der Waals surface area contributed by atoms with E-state index in [1.807, 2.05) is 19.2 Å². The van der Waals surface area contributed by atoms with Crippen LogP contribution in [0.15, 0.2) is 138 Å². The van der Waals surface area contributed by atoms with E-state index in [0.29, 0.717) is 11.6 Å². The van der Waals surface area contributed by atoms with E-state index < -0.39 is 13.3 Å². The summed E-state index contributed by atoms with van der Waals surface area (Å²) in [6.45, 7) is 17.7. The van der Waals surface area contributed by atoms with E-state index in [2.05, 4.69) is 209 Å². The molecule has 4 heterocycles. The van der Waals surface area contributed by atoms with Gasteiger partial charge in [-0.3, -0.25) is 4.98 Å². The Hall–Kier alpha value is -5.66. The predicted molar refractivity (Wildman–Crippen MR) is 277 cm³/mol. The molecule has 0 amide bonds. The first-order chi connectivity index (χ1) is 31.2. The first-order valence-corrected chi connectivity index (χ1v) is 30.4. The number of pyridine rings is 2. The van der Waals surface area contributed by atoms with Crippen molar-refractivity contribution in [2.45, 2.75) is 90.4 Å². The van der Waals surface area contributed by atoms with Crippen LogP contribution < -0.4 is 4.40 Å². The number of para-hydroxylation sites is 2. The SMILES string of the molecule is Cc1c[c-]c(-c2cc[c]([Ge]([CH3])([CH3])[CH3])cn2)cc1.Cc1ccc2c(n1)oc1c(-c3nc4ccccc4n3-c3c(C(C)C)cc(-c4ccc5ccccc5c4)cc3C(C)C)[c-]cc(C(C)C)c12.[Ir]. The van der Waals surface area contributed by atoms with E-state index in [9.17, 15) is 0 Å². The maximum Gasteiger partial charge on any atom is 0.216 e. The van der Waals surface area contributed by atoms with Crippen LogP contribution in [0.2, 0.25) is 17.3 Å². The van der Waals surface area contributed by atoms with Crippen molar-refractivity contribution in [3.8, 4) is 39.5 Å². The van der Waals surface area contributed by atoms with Crippen molar-refractivity contribution in [1.29, 1.82) is 0 Å². The van der Waals surface area contributed by atoms with Crippen LogP contribution in [-0.2, 0) is 20.1 Å². The summed E-state index contributed by atoms with van der Waals surface area (Å²) in [5.41, 5.74) is 16.0. The van der Waals surface area contributed by atoms with Crippen LogP contribution in [-0.4, -0.2) is 32.8 Å². The minimum Gasteiger partial charge on any atom is -0.486 e. The fraction of sp³-hybridized carbons (Fsp3) is 0.237. The zero-order valence-electron chi connectivity index (χ0n) is 40.0. The second kappa shape index (κ2) is 18.9. The van der Waals surface area contributed by atoms with Crippen LogP contribution in [0, 0.1) is 26.0 Å². The molecule has 0 bridgehead atoms. The van der Waals surface area contributed by atoms with Gasteiger partial charge in [0.2, 0.25) is 5.71 Å². The van der Waals surface area contributed by atoms with E-state index >= 15 is 0 Å². The molecule has 1 radical (unpaired) electrons. The number of furan rings is 1. The largest absolute Gasteiger partial charge is 0.486 e. The Kier molecular flexibility index (Phi) is 13.4. The average Bonchev–Trinajstić information content (AvgIpc) is 3.87.